The summed E-state index contributed by atoms with van der Waals surface area (Å²) in [6.45, 7) is 5.71. The normalized spacial score (nSPS) is 11.7. The molecule has 1 aromatic heterocycles. The second-order valence-electron chi connectivity index (χ2n) is 8.11. The van der Waals surface area contributed by atoms with Crippen molar-refractivity contribution < 1.29 is 17.9 Å². The number of hydrogen-bond donors (Lipinski definition) is 0. The Morgan fingerprint density at radius 3 is 2.37 bits per heavy atom. The van der Waals surface area contributed by atoms with Crippen LogP contribution in [0.1, 0.15) is 29.3 Å². The van der Waals surface area contributed by atoms with Crippen LogP contribution in [0.25, 0.3) is 0 Å². The molecule has 0 aliphatic heterocycles. The van der Waals surface area contributed by atoms with Gasteiger partial charge in [0.25, 0.3) is 0 Å². The number of rotatable bonds is 13. The van der Waals surface area contributed by atoms with E-state index < -0.39 is 10.0 Å². The van der Waals surface area contributed by atoms with Gasteiger partial charge in [0.05, 0.1) is 18.0 Å². The maximum absolute atomic E-state index is 13.6. The van der Waals surface area contributed by atoms with E-state index in [2.05, 4.69) is 15.9 Å². The lowest BCUT2D eigenvalue weighted by Gasteiger charge is -2.27. The fraction of sp³-hybridized carbons (Fsp3) is 0.346. The van der Waals surface area contributed by atoms with Crippen LogP contribution in [-0.4, -0.2) is 49.8 Å². The van der Waals surface area contributed by atoms with Crippen LogP contribution in [-0.2, 0) is 32.6 Å². The summed E-state index contributed by atoms with van der Waals surface area (Å²) < 4.78 is 34.5. The van der Waals surface area contributed by atoms with Crippen LogP contribution in [0, 0.1) is 6.92 Å². The third-order valence-electron chi connectivity index (χ3n) is 5.53. The van der Waals surface area contributed by atoms with Crippen molar-refractivity contribution in [3.05, 3.63) is 86.5 Å². The number of halogens is 1. The zero-order valence-corrected chi connectivity index (χ0v) is 23.2. The molecular formula is C26H31BrN2O4S2. The molecule has 0 saturated heterocycles. The molecule has 9 heteroatoms. The van der Waals surface area contributed by atoms with E-state index in [9.17, 15) is 13.2 Å². The van der Waals surface area contributed by atoms with Gasteiger partial charge in [-0.05, 0) is 67.1 Å². The van der Waals surface area contributed by atoms with Crippen LogP contribution >= 0.6 is 27.3 Å². The Bertz CT molecular complexity index is 1180. The standard InChI is InChI=1S/C26H31BrN2O4S2/c1-3-33-16-7-15-29(35(31,32)24-12-10-23(27)11-13-24)20-26(30)28(18-22-8-5-4-6-9-22)19-25-21(2)14-17-34-25/h4-6,8-14,17H,3,7,15-16,18-20H2,1-2H3. The van der Waals surface area contributed by atoms with E-state index in [1.807, 2.05) is 55.6 Å². The summed E-state index contributed by atoms with van der Waals surface area (Å²) >= 11 is 4.95. The molecule has 0 unspecified atom stereocenters. The second-order valence-corrected chi connectivity index (χ2v) is 12.0. The molecular weight excluding hydrogens is 548 g/mol. The molecule has 1 amide bonds. The summed E-state index contributed by atoms with van der Waals surface area (Å²) in [5.74, 6) is -0.237. The highest BCUT2D eigenvalue weighted by atomic mass is 79.9. The number of thiophene rings is 1. The molecule has 0 spiro atoms. The van der Waals surface area contributed by atoms with Crippen LogP contribution in [0.4, 0.5) is 0 Å². The Balaban J connectivity index is 1.85. The molecule has 0 saturated carbocycles. The van der Waals surface area contributed by atoms with Crippen molar-refractivity contribution in [2.45, 2.75) is 38.3 Å². The largest absolute Gasteiger partial charge is 0.382 e. The van der Waals surface area contributed by atoms with Gasteiger partial charge in [0.2, 0.25) is 15.9 Å². The summed E-state index contributed by atoms with van der Waals surface area (Å²) in [4.78, 5) is 16.6. The quantitative estimate of drug-likeness (QED) is 0.252. The van der Waals surface area contributed by atoms with Gasteiger partial charge in [-0.2, -0.15) is 4.31 Å². The number of sulfonamides is 1. The maximum Gasteiger partial charge on any atom is 0.243 e. The number of aryl methyl sites for hydroxylation is 1. The molecule has 0 aliphatic carbocycles. The van der Waals surface area contributed by atoms with Crippen molar-refractivity contribution in [3.8, 4) is 0 Å². The van der Waals surface area contributed by atoms with Crippen molar-refractivity contribution in [2.24, 2.45) is 0 Å². The van der Waals surface area contributed by atoms with E-state index in [0.717, 1.165) is 20.5 Å². The Labute approximate surface area is 220 Å². The molecule has 1 heterocycles. The molecule has 188 valence electrons. The van der Waals surface area contributed by atoms with Gasteiger partial charge >= 0.3 is 0 Å². The van der Waals surface area contributed by atoms with Crippen molar-refractivity contribution in [1.82, 2.24) is 9.21 Å². The minimum absolute atomic E-state index is 0.161. The lowest BCUT2D eigenvalue weighted by Crippen LogP contribution is -2.43. The Hall–Kier alpha value is -2.04. The average molecular weight is 580 g/mol. The zero-order valence-electron chi connectivity index (χ0n) is 20.0. The van der Waals surface area contributed by atoms with Crippen molar-refractivity contribution >= 4 is 43.2 Å². The predicted molar refractivity (Wildman–Crippen MR) is 144 cm³/mol. The van der Waals surface area contributed by atoms with Gasteiger partial charge in [-0.25, -0.2) is 8.42 Å². The minimum Gasteiger partial charge on any atom is -0.382 e. The van der Waals surface area contributed by atoms with E-state index in [1.165, 1.54) is 4.31 Å². The van der Waals surface area contributed by atoms with Crippen molar-refractivity contribution in [3.63, 3.8) is 0 Å². The van der Waals surface area contributed by atoms with Gasteiger partial charge in [0.15, 0.2) is 0 Å². The lowest BCUT2D eigenvalue weighted by atomic mass is 10.2. The topological polar surface area (TPSA) is 66.9 Å². The molecule has 35 heavy (non-hydrogen) atoms. The molecule has 0 atom stereocenters. The van der Waals surface area contributed by atoms with Gasteiger partial charge < -0.3 is 9.64 Å². The van der Waals surface area contributed by atoms with Crippen LogP contribution in [0.15, 0.2) is 75.4 Å². The number of nitrogens with zero attached hydrogens (tertiary/aromatic N) is 2. The van der Waals surface area contributed by atoms with Crippen LogP contribution < -0.4 is 0 Å². The summed E-state index contributed by atoms with van der Waals surface area (Å²) in [5.41, 5.74) is 2.12. The summed E-state index contributed by atoms with van der Waals surface area (Å²) in [7, 11) is -3.86. The number of ether oxygens (including phenoxy) is 1. The third kappa shape index (κ3) is 7.98. The first-order valence-corrected chi connectivity index (χ1v) is 14.6. The molecule has 0 bridgehead atoms. The highest BCUT2D eigenvalue weighted by molar-refractivity contribution is 9.10. The molecule has 3 aromatic rings. The maximum atomic E-state index is 13.6. The van der Waals surface area contributed by atoms with Crippen molar-refractivity contribution in [2.75, 3.05) is 26.3 Å². The first-order valence-electron chi connectivity index (χ1n) is 11.5. The van der Waals surface area contributed by atoms with Gasteiger partial charge in [0.1, 0.15) is 0 Å². The average Bonchev–Trinajstić information content (AvgIpc) is 3.25. The highest BCUT2D eigenvalue weighted by Gasteiger charge is 2.28. The van der Waals surface area contributed by atoms with Gasteiger partial charge in [0, 0.05) is 35.7 Å². The first kappa shape index (κ1) is 27.5. The molecule has 0 aliphatic rings. The Kier molecular flexibility index (Phi) is 10.5. The minimum atomic E-state index is -3.86. The second kappa shape index (κ2) is 13.3. The molecule has 0 radical (unpaired) electrons. The summed E-state index contributed by atoms with van der Waals surface area (Å²) in [6, 6.07) is 18.3. The predicted octanol–water partition coefficient (Wildman–Crippen LogP) is 5.47. The molecule has 6 nitrogen and oxygen atoms in total. The number of benzene rings is 2. The number of carbonyl (C=O) groups is 1. The monoisotopic (exact) mass is 578 g/mol. The lowest BCUT2D eigenvalue weighted by molar-refractivity contribution is -0.132. The van der Waals surface area contributed by atoms with E-state index in [0.29, 0.717) is 32.7 Å². The molecule has 2 aromatic carbocycles. The van der Waals surface area contributed by atoms with Gasteiger partial charge in [-0.15, -0.1) is 11.3 Å². The molecule has 3 rings (SSSR count). The highest BCUT2D eigenvalue weighted by Crippen LogP contribution is 2.22. The fourth-order valence-corrected chi connectivity index (χ4v) is 6.17. The van der Waals surface area contributed by atoms with E-state index >= 15 is 0 Å². The van der Waals surface area contributed by atoms with E-state index in [4.69, 9.17) is 4.74 Å². The van der Waals surface area contributed by atoms with Crippen LogP contribution in [0.2, 0.25) is 0 Å². The number of amides is 1. The SMILES string of the molecule is CCOCCCN(CC(=O)N(Cc1ccccc1)Cc1sccc1C)S(=O)(=O)c1ccc(Br)cc1. The smallest absolute Gasteiger partial charge is 0.243 e. The fourth-order valence-electron chi connectivity index (χ4n) is 3.55. The first-order chi connectivity index (χ1) is 16.8. The van der Waals surface area contributed by atoms with Gasteiger partial charge in [-0.1, -0.05) is 46.3 Å². The number of hydrogen-bond acceptors (Lipinski definition) is 5. The molecule has 0 fully saturated rings. The summed E-state index contributed by atoms with van der Waals surface area (Å²) in [5, 5.41) is 2.01. The Morgan fingerprint density at radius 1 is 1.03 bits per heavy atom. The number of carbonyl (C=O) groups excluding carboxylic acids is 1. The summed E-state index contributed by atoms with van der Waals surface area (Å²) in [6.07, 6.45) is 0.500. The van der Waals surface area contributed by atoms with Crippen LogP contribution in [0.3, 0.4) is 0 Å². The Morgan fingerprint density at radius 2 is 1.74 bits per heavy atom. The molecule has 0 N–H and O–H groups in total. The van der Waals surface area contributed by atoms with Crippen molar-refractivity contribution in [1.29, 1.82) is 0 Å². The van der Waals surface area contributed by atoms with Gasteiger partial charge in [-0.3, -0.25) is 4.79 Å². The van der Waals surface area contributed by atoms with Crippen LogP contribution in [0.5, 0.6) is 0 Å². The third-order valence-corrected chi connectivity index (χ3v) is 8.93. The van der Waals surface area contributed by atoms with E-state index in [1.54, 1.807) is 40.5 Å². The zero-order chi connectivity index (χ0) is 25.3. The van der Waals surface area contributed by atoms with E-state index in [-0.39, 0.29) is 23.9 Å².